The molecule has 0 bridgehead atoms. The predicted molar refractivity (Wildman–Crippen MR) is 97.1 cm³/mol. The summed E-state index contributed by atoms with van der Waals surface area (Å²) in [6.45, 7) is 6.98. The van der Waals surface area contributed by atoms with Gasteiger partial charge < -0.3 is 15.0 Å². The van der Waals surface area contributed by atoms with Crippen molar-refractivity contribution in [1.29, 1.82) is 0 Å². The molecular formula is C19H24N4O2. The van der Waals surface area contributed by atoms with Crippen LogP contribution < -0.4 is 15.0 Å². The number of aryl methyl sites for hydroxylation is 2. The number of anilines is 1. The first-order valence-corrected chi connectivity index (χ1v) is 8.44. The molecule has 6 heteroatoms. The minimum Gasteiger partial charge on any atom is -0.497 e. The van der Waals surface area contributed by atoms with Crippen molar-refractivity contribution in [3.05, 3.63) is 47.4 Å². The van der Waals surface area contributed by atoms with E-state index in [4.69, 9.17) is 4.74 Å². The Balaban J connectivity index is 1.89. The zero-order chi connectivity index (χ0) is 18.0. The molecule has 2 aromatic rings. The summed E-state index contributed by atoms with van der Waals surface area (Å²) in [6.07, 6.45) is 1.78. The quantitative estimate of drug-likeness (QED) is 0.924. The SMILES string of the molecule is COc1ccc([C@H]2CN(c3nc(C)cnc3C)C[C@@H]2NC(C)=O)cc1. The highest BCUT2D eigenvalue weighted by Gasteiger charge is 2.35. The molecule has 0 saturated carbocycles. The van der Waals surface area contributed by atoms with E-state index in [0.29, 0.717) is 0 Å². The second-order valence-corrected chi connectivity index (χ2v) is 6.51. The van der Waals surface area contributed by atoms with E-state index in [1.54, 1.807) is 20.2 Å². The third kappa shape index (κ3) is 3.73. The first-order valence-electron chi connectivity index (χ1n) is 8.44. The molecule has 3 rings (SSSR count). The molecule has 1 aromatic heterocycles. The average Bonchev–Trinajstić information content (AvgIpc) is 3.00. The fourth-order valence-corrected chi connectivity index (χ4v) is 3.40. The van der Waals surface area contributed by atoms with Crippen molar-refractivity contribution in [2.75, 3.05) is 25.1 Å². The molecule has 6 nitrogen and oxygen atoms in total. The normalized spacial score (nSPS) is 19.8. The molecule has 132 valence electrons. The molecule has 1 aliphatic rings. The van der Waals surface area contributed by atoms with Gasteiger partial charge in [-0.25, -0.2) is 4.98 Å². The standard InChI is InChI=1S/C19H24N4O2/c1-12-9-20-13(2)19(21-12)23-10-17(18(11-23)22-14(3)24)15-5-7-16(25-4)8-6-15/h5-9,17-18H,10-11H2,1-4H3,(H,22,24)/t17-,18+/m1/s1. The van der Waals surface area contributed by atoms with Gasteiger partial charge in [-0.05, 0) is 31.5 Å². The maximum absolute atomic E-state index is 11.7. The summed E-state index contributed by atoms with van der Waals surface area (Å²) in [5.74, 6) is 1.90. The number of benzene rings is 1. The van der Waals surface area contributed by atoms with E-state index >= 15 is 0 Å². The predicted octanol–water partition coefficient (Wildman–Crippen LogP) is 2.21. The summed E-state index contributed by atoms with van der Waals surface area (Å²) < 4.78 is 5.24. The third-order valence-electron chi connectivity index (χ3n) is 4.60. The van der Waals surface area contributed by atoms with Crippen LogP contribution in [0, 0.1) is 13.8 Å². The summed E-state index contributed by atoms with van der Waals surface area (Å²) in [5.41, 5.74) is 2.98. The summed E-state index contributed by atoms with van der Waals surface area (Å²) in [4.78, 5) is 23.0. The Morgan fingerprint density at radius 2 is 1.96 bits per heavy atom. The van der Waals surface area contributed by atoms with Crippen LogP contribution in [-0.2, 0) is 4.79 Å². The minimum atomic E-state index is -0.0163. The van der Waals surface area contributed by atoms with Gasteiger partial charge in [-0.3, -0.25) is 9.78 Å². The summed E-state index contributed by atoms with van der Waals surface area (Å²) in [7, 11) is 1.66. The lowest BCUT2D eigenvalue weighted by atomic mass is 9.94. The smallest absolute Gasteiger partial charge is 0.217 e. The molecular weight excluding hydrogens is 316 g/mol. The number of nitrogens with zero attached hydrogens (tertiary/aromatic N) is 3. The lowest BCUT2D eigenvalue weighted by Crippen LogP contribution is -2.38. The number of carbonyl (C=O) groups is 1. The maximum Gasteiger partial charge on any atom is 0.217 e. The number of hydrogen-bond donors (Lipinski definition) is 1. The van der Waals surface area contributed by atoms with E-state index in [2.05, 4.69) is 32.3 Å². The second kappa shape index (κ2) is 7.09. The fourth-order valence-electron chi connectivity index (χ4n) is 3.40. The number of nitrogens with one attached hydrogen (secondary N) is 1. The molecule has 25 heavy (non-hydrogen) atoms. The van der Waals surface area contributed by atoms with Gasteiger partial charge in [0.15, 0.2) is 0 Å². The van der Waals surface area contributed by atoms with Crippen molar-refractivity contribution in [3.63, 3.8) is 0 Å². The van der Waals surface area contributed by atoms with Crippen LogP contribution in [0.3, 0.4) is 0 Å². The Kier molecular flexibility index (Phi) is 4.88. The third-order valence-corrected chi connectivity index (χ3v) is 4.60. The number of amides is 1. The van der Waals surface area contributed by atoms with E-state index in [1.165, 1.54) is 5.56 Å². The Morgan fingerprint density at radius 3 is 2.60 bits per heavy atom. The van der Waals surface area contributed by atoms with Gasteiger partial charge in [0.05, 0.1) is 24.5 Å². The van der Waals surface area contributed by atoms with E-state index in [-0.39, 0.29) is 17.9 Å². The van der Waals surface area contributed by atoms with Gasteiger partial charge in [-0.15, -0.1) is 0 Å². The number of carbonyl (C=O) groups excluding carboxylic acids is 1. The van der Waals surface area contributed by atoms with Crippen LogP contribution in [0.4, 0.5) is 5.82 Å². The molecule has 1 saturated heterocycles. The largest absolute Gasteiger partial charge is 0.497 e. The van der Waals surface area contributed by atoms with Crippen LogP contribution >= 0.6 is 0 Å². The molecule has 1 aromatic carbocycles. The number of ether oxygens (including phenoxy) is 1. The molecule has 2 heterocycles. The van der Waals surface area contributed by atoms with Gasteiger partial charge >= 0.3 is 0 Å². The van der Waals surface area contributed by atoms with Crippen molar-refractivity contribution >= 4 is 11.7 Å². The van der Waals surface area contributed by atoms with Crippen molar-refractivity contribution in [1.82, 2.24) is 15.3 Å². The monoisotopic (exact) mass is 340 g/mol. The lowest BCUT2D eigenvalue weighted by molar-refractivity contribution is -0.119. The van der Waals surface area contributed by atoms with Crippen LogP contribution in [0.1, 0.15) is 29.8 Å². The zero-order valence-corrected chi connectivity index (χ0v) is 15.1. The van der Waals surface area contributed by atoms with Crippen LogP contribution in [0.5, 0.6) is 5.75 Å². The van der Waals surface area contributed by atoms with Gasteiger partial charge in [0.1, 0.15) is 11.6 Å². The Bertz CT molecular complexity index is 761. The van der Waals surface area contributed by atoms with E-state index < -0.39 is 0 Å². The van der Waals surface area contributed by atoms with Crippen LogP contribution in [-0.4, -0.2) is 42.1 Å². The highest BCUT2D eigenvalue weighted by Crippen LogP contribution is 2.32. The van der Waals surface area contributed by atoms with Gasteiger partial charge in [0.25, 0.3) is 0 Å². The highest BCUT2D eigenvalue weighted by atomic mass is 16.5. The first kappa shape index (κ1) is 17.2. The Morgan fingerprint density at radius 1 is 1.24 bits per heavy atom. The molecule has 1 amide bonds. The number of hydrogen-bond acceptors (Lipinski definition) is 5. The van der Waals surface area contributed by atoms with E-state index in [1.807, 2.05) is 26.0 Å². The van der Waals surface area contributed by atoms with Crippen LogP contribution in [0.2, 0.25) is 0 Å². The topological polar surface area (TPSA) is 67.3 Å². The Labute approximate surface area is 148 Å². The van der Waals surface area contributed by atoms with Gasteiger partial charge in [0, 0.05) is 32.1 Å². The molecule has 0 radical (unpaired) electrons. The summed E-state index contributed by atoms with van der Waals surface area (Å²) >= 11 is 0. The molecule has 0 spiro atoms. The molecule has 1 fully saturated rings. The number of methoxy groups -OCH3 is 1. The molecule has 1 N–H and O–H groups in total. The fraction of sp³-hybridized carbons (Fsp3) is 0.421. The second-order valence-electron chi connectivity index (χ2n) is 6.51. The van der Waals surface area contributed by atoms with Gasteiger partial charge in [0.2, 0.25) is 5.91 Å². The van der Waals surface area contributed by atoms with Crippen LogP contribution in [0.25, 0.3) is 0 Å². The average molecular weight is 340 g/mol. The van der Waals surface area contributed by atoms with Crippen molar-refractivity contribution in [2.24, 2.45) is 0 Å². The minimum absolute atomic E-state index is 0.0163. The van der Waals surface area contributed by atoms with Crippen molar-refractivity contribution in [2.45, 2.75) is 32.7 Å². The number of rotatable bonds is 4. The van der Waals surface area contributed by atoms with Gasteiger partial charge in [-0.1, -0.05) is 12.1 Å². The summed E-state index contributed by atoms with van der Waals surface area (Å²) in [6, 6.07) is 8.08. The molecule has 0 unspecified atom stereocenters. The Hall–Kier alpha value is -2.63. The van der Waals surface area contributed by atoms with Crippen molar-refractivity contribution < 1.29 is 9.53 Å². The van der Waals surface area contributed by atoms with E-state index in [0.717, 1.165) is 36.0 Å². The maximum atomic E-state index is 11.7. The molecule has 1 aliphatic heterocycles. The molecule has 2 atom stereocenters. The van der Waals surface area contributed by atoms with Crippen LogP contribution in [0.15, 0.2) is 30.5 Å². The summed E-state index contributed by atoms with van der Waals surface area (Å²) in [5, 5.41) is 3.09. The zero-order valence-electron chi connectivity index (χ0n) is 15.1. The van der Waals surface area contributed by atoms with Gasteiger partial charge in [-0.2, -0.15) is 0 Å². The van der Waals surface area contributed by atoms with E-state index in [9.17, 15) is 4.79 Å². The van der Waals surface area contributed by atoms with Crippen molar-refractivity contribution in [3.8, 4) is 5.75 Å². The molecule has 0 aliphatic carbocycles. The highest BCUT2D eigenvalue weighted by molar-refractivity contribution is 5.73. The lowest BCUT2D eigenvalue weighted by Gasteiger charge is -2.19. The first-order chi connectivity index (χ1) is 12.0. The number of aromatic nitrogens is 2.